The lowest BCUT2D eigenvalue weighted by atomic mass is 10.1. The van der Waals surface area contributed by atoms with Gasteiger partial charge in [0, 0.05) is 5.56 Å². The van der Waals surface area contributed by atoms with Crippen LogP contribution < -0.4 is 4.74 Å². The quantitative estimate of drug-likeness (QED) is 0.834. The standard InChI is InChI=1S/C9H8ClF2NO3/c1-16-5-3-13-8(10)7(9(11)12)4(5)2-6(14)15/h3,9H,2H2,1H3,(H,14,15). The number of methoxy groups -OCH3 is 1. The van der Waals surface area contributed by atoms with E-state index in [0.717, 1.165) is 6.20 Å². The van der Waals surface area contributed by atoms with Crippen LogP contribution in [0.4, 0.5) is 8.78 Å². The van der Waals surface area contributed by atoms with E-state index in [4.69, 9.17) is 21.4 Å². The van der Waals surface area contributed by atoms with Crippen molar-refractivity contribution >= 4 is 17.6 Å². The molecule has 1 aromatic heterocycles. The van der Waals surface area contributed by atoms with Crippen LogP contribution in [0.2, 0.25) is 5.15 Å². The number of hydrogen-bond acceptors (Lipinski definition) is 3. The number of carbonyl (C=O) groups is 1. The summed E-state index contributed by atoms with van der Waals surface area (Å²) in [5.74, 6) is -1.26. The lowest BCUT2D eigenvalue weighted by molar-refractivity contribution is -0.136. The monoisotopic (exact) mass is 251 g/mol. The minimum Gasteiger partial charge on any atom is -0.495 e. The molecule has 0 aliphatic carbocycles. The van der Waals surface area contributed by atoms with Crippen molar-refractivity contribution in [1.82, 2.24) is 4.98 Å². The number of rotatable bonds is 4. The predicted molar refractivity (Wildman–Crippen MR) is 52.1 cm³/mol. The number of aliphatic carboxylic acids is 1. The van der Waals surface area contributed by atoms with Crippen molar-refractivity contribution in [1.29, 1.82) is 0 Å². The molecule has 0 fully saturated rings. The van der Waals surface area contributed by atoms with Gasteiger partial charge in [-0.15, -0.1) is 0 Å². The van der Waals surface area contributed by atoms with E-state index in [1.807, 2.05) is 0 Å². The maximum atomic E-state index is 12.7. The predicted octanol–water partition coefficient (Wildman–Crippen LogP) is 2.31. The highest BCUT2D eigenvalue weighted by Gasteiger charge is 2.23. The minimum atomic E-state index is -2.90. The molecule has 0 saturated heterocycles. The van der Waals surface area contributed by atoms with Crippen LogP contribution in [0.3, 0.4) is 0 Å². The lowest BCUT2D eigenvalue weighted by Gasteiger charge is -2.12. The third kappa shape index (κ3) is 2.57. The first-order valence-corrected chi connectivity index (χ1v) is 4.56. The largest absolute Gasteiger partial charge is 0.495 e. The molecule has 0 radical (unpaired) electrons. The molecule has 0 aliphatic rings. The van der Waals surface area contributed by atoms with Gasteiger partial charge in [0.2, 0.25) is 0 Å². The minimum absolute atomic E-state index is 0.0119. The first kappa shape index (κ1) is 12.6. The van der Waals surface area contributed by atoms with Crippen molar-refractivity contribution in [2.24, 2.45) is 0 Å². The number of halogens is 3. The number of hydrogen-bond donors (Lipinski definition) is 1. The third-order valence-corrected chi connectivity index (χ3v) is 2.21. The molecule has 0 spiro atoms. The summed E-state index contributed by atoms with van der Waals surface area (Å²) < 4.78 is 30.1. The average Bonchev–Trinajstić information content (AvgIpc) is 2.16. The summed E-state index contributed by atoms with van der Waals surface area (Å²) in [6.45, 7) is 0. The fraction of sp³-hybridized carbons (Fsp3) is 0.333. The van der Waals surface area contributed by atoms with E-state index in [-0.39, 0.29) is 11.3 Å². The van der Waals surface area contributed by atoms with E-state index in [1.165, 1.54) is 7.11 Å². The number of alkyl halides is 2. The Morgan fingerprint density at radius 1 is 1.69 bits per heavy atom. The number of ether oxygens (including phenoxy) is 1. The number of aromatic nitrogens is 1. The second kappa shape index (κ2) is 5.07. The summed E-state index contributed by atoms with van der Waals surface area (Å²) in [4.78, 5) is 14.1. The summed E-state index contributed by atoms with van der Waals surface area (Å²) in [5, 5.41) is 8.21. The van der Waals surface area contributed by atoms with Gasteiger partial charge in [0.25, 0.3) is 6.43 Å². The number of nitrogens with zero attached hydrogens (tertiary/aromatic N) is 1. The van der Waals surface area contributed by atoms with Crippen LogP contribution in [0.25, 0.3) is 0 Å². The molecule has 1 heterocycles. The van der Waals surface area contributed by atoms with Gasteiger partial charge in [-0.05, 0) is 0 Å². The molecule has 0 unspecified atom stereocenters. The van der Waals surface area contributed by atoms with Crippen LogP contribution in [0.15, 0.2) is 6.20 Å². The van der Waals surface area contributed by atoms with Crippen molar-refractivity contribution < 1.29 is 23.4 Å². The van der Waals surface area contributed by atoms with Gasteiger partial charge in [0.15, 0.2) is 0 Å². The first-order valence-electron chi connectivity index (χ1n) is 4.18. The fourth-order valence-electron chi connectivity index (χ4n) is 1.25. The summed E-state index contributed by atoms with van der Waals surface area (Å²) in [5.41, 5.74) is -0.742. The van der Waals surface area contributed by atoms with Crippen LogP contribution >= 0.6 is 11.6 Å². The number of carboxylic acid groups (broad SMARTS) is 1. The zero-order chi connectivity index (χ0) is 12.3. The molecular formula is C9H8ClF2NO3. The fourth-order valence-corrected chi connectivity index (χ4v) is 1.50. The van der Waals surface area contributed by atoms with Crippen molar-refractivity contribution in [2.75, 3.05) is 7.11 Å². The van der Waals surface area contributed by atoms with Gasteiger partial charge in [-0.3, -0.25) is 4.79 Å². The zero-order valence-corrected chi connectivity index (χ0v) is 8.96. The van der Waals surface area contributed by atoms with Crippen LogP contribution in [-0.2, 0) is 11.2 Å². The summed E-state index contributed by atoms with van der Waals surface area (Å²) in [7, 11) is 1.24. The van der Waals surface area contributed by atoms with Crippen LogP contribution in [-0.4, -0.2) is 23.2 Å². The Morgan fingerprint density at radius 3 is 2.75 bits per heavy atom. The van der Waals surface area contributed by atoms with Gasteiger partial charge in [-0.1, -0.05) is 11.6 Å². The Hall–Kier alpha value is -1.43. The van der Waals surface area contributed by atoms with Crippen molar-refractivity contribution in [3.8, 4) is 5.75 Å². The molecule has 4 nitrogen and oxygen atoms in total. The smallest absolute Gasteiger partial charge is 0.307 e. The van der Waals surface area contributed by atoms with Crippen molar-refractivity contribution in [2.45, 2.75) is 12.8 Å². The highest BCUT2D eigenvalue weighted by Crippen LogP contribution is 2.34. The Balaban J connectivity index is 3.36. The average molecular weight is 252 g/mol. The highest BCUT2D eigenvalue weighted by molar-refractivity contribution is 6.30. The molecule has 16 heavy (non-hydrogen) atoms. The van der Waals surface area contributed by atoms with E-state index < -0.39 is 29.5 Å². The van der Waals surface area contributed by atoms with E-state index in [1.54, 1.807) is 0 Å². The van der Waals surface area contributed by atoms with Crippen molar-refractivity contribution in [3.05, 3.63) is 22.5 Å². The SMILES string of the molecule is COc1cnc(Cl)c(C(F)F)c1CC(=O)O. The number of pyridine rings is 1. The Kier molecular flexibility index (Phi) is 4.00. The maximum absolute atomic E-state index is 12.7. The molecule has 1 N–H and O–H groups in total. The maximum Gasteiger partial charge on any atom is 0.307 e. The molecule has 0 amide bonds. The first-order chi connectivity index (χ1) is 7.47. The lowest BCUT2D eigenvalue weighted by Crippen LogP contribution is -2.08. The van der Waals surface area contributed by atoms with Gasteiger partial charge in [0.05, 0.1) is 25.3 Å². The molecule has 7 heteroatoms. The van der Waals surface area contributed by atoms with Gasteiger partial charge in [-0.2, -0.15) is 0 Å². The van der Waals surface area contributed by atoms with Crippen LogP contribution in [0, 0.1) is 0 Å². The van der Waals surface area contributed by atoms with E-state index in [2.05, 4.69) is 4.98 Å². The summed E-state index contributed by atoms with van der Waals surface area (Å²) in [6.07, 6.45) is -2.37. The van der Waals surface area contributed by atoms with Crippen LogP contribution in [0.1, 0.15) is 17.6 Å². The zero-order valence-electron chi connectivity index (χ0n) is 8.21. The van der Waals surface area contributed by atoms with Gasteiger partial charge in [-0.25, -0.2) is 13.8 Å². The van der Waals surface area contributed by atoms with E-state index in [0.29, 0.717) is 0 Å². The Morgan fingerprint density at radius 2 is 2.31 bits per heavy atom. The third-order valence-electron chi connectivity index (χ3n) is 1.91. The van der Waals surface area contributed by atoms with E-state index >= 15 is 0 Å². The Labute approximate surface area is 94.8 Å². The van der Waals surface area contributed by atoms with Gasteiger partial charge in [0.1, 0.15) is 10.9 Å². The van der Waals surface area contributed by atoms with Gasteiger partial charge >= 0.3 is 5.97 Å². The topological polar surface area (TPSA) is 59.4 Å². The molecule has 0 aliphatic heterocycles. The highest BCUT2D eigenvalue weighted by atomic mass is 35.5. The Bertz CT molecular complexity index is 412. The number of carboxylic acids is 1. The molecule has 1 aromatic rings. The molecule has 0 aromatic carbocycles. The molecule has 0 bridgehead atoms. The molecule has 1 rings (SSSR count). The van der Waals surface area contributed by atoms with Gasteiger partial charge < -0.3 is 9.84 Å². The molecular weight excluding hydrogens is 244 g/mol. The molecule has 0 atom stereocenters. The molecule has 0 saturated carbocycles. The van der Waals surface area contributed by atoms with E-state index in [9.17, 15) is 13.6 Å². The van der Waals surface area contributed by atoms with Crippen molar-refractivity contribution in [3.63, 3.8) is 0 Å². The van der Waals surface area contributed by atoms with Crippen LogP contribution in [0.5, 0.6) is 5.75 Å². The summed E-state index contributed by atoms with van der Waals surface area (Å²) >= 11 is 5.50. The second-order valence-corrected chi connectivity index (χ2v) is 3.24. The second-order valence-electron chi connectivity index (χ2n) is 2.88. The summed E-state index contributed by atoms with van der Waals surface area (Å²) in [6, 6.07) is 0. The molecule has 88 valence electrons. The normalized spacial score (nSPS) is 10.6.